The maximum atomic E-state index is 6.09. The summed E-state index contributed by atoms with van der Waals surface area (Å²) in [6.45, 7) is 8.58. The third-order valence-electron chi connectivity index (χ3n) is 5.65. The summed E-state index contributed by atoms with van der Waals surface area (Å²) in [5.41, 5.74) is 0.989. The predicted molar refractivity (Wildman–Crippen MR) is 144 cm³/mol. The van der Waals surface area contributed by atoms with Crippen molar-refractivity contribution in [3.05, 3.63) is 46.7 Å². The molecule has 0 spiro atoms. The van der Waals surface area contributed by atoms with Crippen LogP contribution in [-0.4, -0.2) is 61.9 Å². The number of hydrogen-bond acceptors (Lipinski definition) is 5. The molecule has 32 heavy (non-hydrogen) atoms. The van der Waals surface area contributed by atoms with Crippen molar-refractivity contribution >= 4 is 47.0 Å². The van der Waals surface area contributed by atoms with Crippen LogP contribution in [0.2, 0.25) is 0 Å². The van der Waals surface area contributed by atoms with Crippen molar-refractivity contribution in [1.29, 1.82) is 0 Å². The van der Waals surface area contributed by atoms with E-state index in [0.29, 0.717) is 12.6 Å². The van der Waals surface area contributed by atoms with Gasteiger partial charge >= 0.3 is 0 Å². The number of anilines is 1. The lowest BCUT2D eigenvalue weighted by atomic mass is 10.2. The summed E-state index contributed by atoms with van der Waals surface area (Å²) in [6, 6.07) is 12.9. The SMILES string of the molecule is CC(C)Oc1ccc(NC(=NCC2CN3CCCC3CO2)NCCc2cccs2)cc1.I. The van der Waals surface area contributed by atoms with E-state index in [2.05, 4.69) is 33.0 Å². The van der Waals surface area contributed by atoms with Gasteiger partial charge in [-0.2, -0.15) is 0 Å². The van der Waals surface area contributed by atoms with Crippen LogP contribution in [0.15, 0.2) is 46.8 Å². The number of morpholine rings is 1. The second kappa shape index (κ2) is 12.8. The molecule has 4 rings (SSSR count). The van der Waals surface area contributed by atoms with E-state index in [0.717, 1.165) is 43.5 Å². The Morgan fingerprint density at radius 2 is 2.12 bits per heavy atom. The normalized spacial score (nSPS) is 21.2. The molecule has 2 unspecified atom stereocenters. The van der Waals surface area contributed by atoms with E-state index in [1.807, 2.05) is 38.1 Å². The van der Waals surface area contributed by atoms with Gasteiger partial charge in [0.25, 0.3) is 0 Å². The number of ether oxygens (including phenoxy) is 2. The minimum absolute atomic E-state index is 0. The Labute approximate surface area is 212 Å². The number of benzene rings is 1. The van der Waals surface area contributed by atoms with E-state index in [4.69, 9.17) is 14.5 Å². The molecule has 2 aromatic rings. The van der Waals surface area contributed by atoms with E-state index >= 15 is 0 Å². The largest absolute Gasteiger partial charge is 0.491 e. The Kier molecular flexibility index (Phi) is 10.1. The molecule has 6 nitrogen and oxygen atoms in total. The smallest absolute Gasteiger partial charge is 0.195 e. The number of thiophene rings is 1. The lowest BCUT2D eigenvalue weighted by molar-refractivity contribution is -0.0431. The summed E-state index contributed by atoms with van der Waals surface area (Å²) in [5.74, 6) is 1.67. The molecule has 1 aromatic heterocycles. The minimum atomic E-state index is 0. The summed E-state index contributed by atoms with van der Waals surface area (Å²) in [6.07, 6.45) is 3.86. The molecule has 2 saturated heterocycles. The first kappa shape index (κ1) is 25.3. The average molecular weight is 571 g/mol. The summed E-state index contributed by atoms with van der Waals surface area (Å²) < 4.78 is 11.8. The van der Waals surface area contributed by atoms with Crippen LogP contribution in [-0.2, 0) is 11.2 Å². The molecule has 0 radical (unpaired) electrons. The van der Waals surface area contributed by atoms with Gasteiger partial charge < -0.3 is 20.1 Å². The van der Waals surface area contributed by atoms with Gasteiger partial charge in [-0.3, -0.25) is 9.89 Å². The first-order valence-electron chi connectivity index (χ1n) is 11.4. The maximum Gasteiger partial charge on any atom is 0.195 e. The monoisotopic (exact) mass is 570 g/mol. The Bertz CT molecular complexity index is 829. The first-order valence-corrected chi connectivity index (χ1v) is 12.2. The molecule has 3 heterocycles. The molecule has 8 heteroatoms. The van der Waals surface area contributed by atoms with Gasteiger partial charge in [-0.1, -0.05) is 6.07 Å². The molecular formula is C24H35IN4O2S. The third-order valence-corrected chi connectivity index (χ3v) is 6.58. The molecule has 0 amide bonds. The minimum Gasteiger partial charge on any atom is -0.491 e. The van der Waals surface area contributed by atoms with Crippen LogP contribution in [0.5, 0.6) is 5.75 Å². The summed E-state index contributed by atoms with van der Waals surface area (Å²) >= 11 is 1.79. The van der Waals surface area contributed by atoms with Crippen LogP contribution in [0.25, 0.3) is 0 Å². The van der Waals surface area contributed by atoms with Crippen molar-refractivity contribution in [2.45, 2.75) is 51.4 Å². The molecule has 1 aromatic carbocycles. The average Bonchev–Trinajstić information content (AvgIpc) is 3.44. The lowest BCUT2D eigenvalue weighted by Gasteiger charge is -2.34. The standard InChI is InChI=1S/C24H34N4O2S.HI/c1-18(2)30-21-9-7-19(8-10-21)27-24(25-12-11-23-6-4-14-31-23)26-15-22-16-28-13-3-5-20(28)17-29-22;/h4,6-10,14,18,20,22H,3,5,11-13,15-17H2,1-2H3,(H2,25,26,27);1H. The summed E-state index contributed by atoms with van der Waals surface area (Å²) in [7, 11) is 0. The fourth-order valence-electron chi connectivity index (χ4n) is 4.11. The maximum absolute atomic E-state index is 6.09. The van der Waals surface area contributed by atoms with Crippen LogP contribution in [0.3, 0.4) is 0 Å². The number of nitrogens with one attached hydrogen (secondary N) is 2. The molecule has 0 saturated carbocycles. The van der Waals surface area contributed by atoms with E-state index in [1.165, 1.54) is 24.3 Å². The molecule has 2 atom stereocenters. The zero-order valence-electron chi connectivity index (χ0n) is 19.0. The number of fused-ring (bicyclic) bond motifs is 1. The lowest BCUT2D eigenvalue weighted by Crippen LogP contribution is -2.47. The Hall–Kier alpha value is -1.36. The molecule has 176 valence electrons. The summed E-state index contributed by atoms with van der Waals surface area (Å²) in [5, 5.41) is 9.05. The second-order valence-corrected chi connectivity index (χ2v) is 9.54. The highest BCUT2D eigenvalue weighted by Gasteiger charge is 2.32. The number of nitrogens with zero attached hydrogens (tertiary/aromatic N) is 2. The zero-order valence-corrected chi connectivity index (χ0v) is 22.1. The molecule has 0 aliphatic carbocycles. The van der Waals surface area contributed by atoms with Crippen molar-refractivity contribution in [1.82, 2.24) is 10.2 Å². The quantitative estimate of drug-likeness (QED) is 0.276. The highest BCUT2D eigenvalue weighted by molar-refractivity contribution is 14.0. The van der Waals surface area contributed by atoms with Gasteiger partial charge in [0.15, 0.2) is 5.96 Å². The molecule has 0 bridgehead atoms. The van der Waals surface area contributed by atoms with Gasteiger partial charge in [-0.25, -0.2) is 0 Å². The van der Waals surface area contributed by atoms with Gasteiger partial charge in [0.05, 0.1) is 25.4 Å². The fraction of sp³-hybridized carbons (Fsp3) is 0.542. The van der Waals surface area contributed by atoms with Crippen molar-refractivity contribution in [2.24, 2.45) is 4.99 Å². The Morgan fingerprint density at radius 1 is 1.28 bits per heavy atom. The van der Waals surface area contributed by atoms with Gasteiger partial charge in [-0.15, -0.1) is 35.3 Å². The fourth-order valence-corrected chi connectivity index (χ4v) is 4.82. The zero-order chi connectivity index (χ0) is 21.5. The van der Waals surface area contributed by atoms with Crippen LogP contribution >= 0.6 is 35.3 Å². The number of hydrogen-bond donors (Lipinski definition) is 2. The van der Waals surface area contributed by atoms with E-state index in [1.54, 1.807) is 11.3 Å². The number of guanidine groups is 1. The van der Waals surface area contributed by atoms with Gasteiger partial charge in [-0.05, 0) is 75.4 Å². The predicted octanol–water partition coefficient (Wildman–Crippen LogP) is 4.62. The van der Waals surface area contributed by atoms with Crippen molar-refractivity contribution in [2.75, 3.05) is 38.1 Å². The molecule has 2 fully saturated rings. The highest BCUT2D eigenvalue weighted by Crippen LogP contribution is 2.23. The molecule has 2 aliphatic heterocycles. The van der Waals surface area contributed by atoms with Crippen molar-refractivity contribution < 1.29 is 9.47 Å². The van der Waals surface area contributed by atoms with Gasteiger partial charge in [0.2, 0.25) is 0 Å². The topological polar surface area (TPSA) is 58.1 Å². The molecular weight excluding hydrogens is 535 g/mol. The molecule has 2 N–H and O–H groups in total. The van der Waals surface area contributed by atoms with E-state index in [9.17, 15) is 0 Å². The van der Waals surface area contributed by atoms with Crippen LogP contribution in [0.4, 0.5) is 5.69 Å². The van der Waals surface area contributed by atoms with Crippen LogP contribution < -0.4 is 15.4 Å². The highest BCUT2D eigenvalue weighted by atomic mass is 127. The van der Waals surface area contributed by atoms with Crippen molar-refractivity contribution in [3.63, 3.8) is 0 Å². The third kappa shape index (κ3) is 7.60. The van der Waals surface area contributed by atoms with Gasteiger partial charge in [0, 0.05) is 29.7 Å². The number of halogens is 1. The second-order valence-electron chi connectivity index (χ2n) is 8.51. The summed E-state index contributed by atoms with van der Waals surface area (Å²) in [4.78, 5) is 8.80. The van der Waals surface area contributed by atoms with Gasteiger partial charge in [0.1, 0.15) is 5.75 Å². The van der Waals surface area contributed by atoms with E-state index < -0.39 is 0 Å². The van der Waals surface area contributed by atoms with Crippen LogP contribution in [0.1, 0.15) is 31.6 Å². The van der Waals surface area contributed by atoms with Crippen LogP contribution in [0, 0.1) is 0 Å². The Morgan fingerprint density at radius 3 is 2.88 bits per heavy atom. The number of rotatable bonds is 8. The van der Waals surface area contributed by atoms with E-state index in [-0.39, 0.29) is 36.2 Å². The number of aliphatic imine (C=N–C) groups is 1. The molecule has 2 aliphatic rings. The first-order chi connectivity index (χ1) is 15.2. The Balaban J connectivity index is 0.00000289. The van der Waals surface area contributed by atoms with Crippen molar-refractivity contribution in [3.8, 4) is 5.75 Å².